The average Bonchev–Trinajstić information content (AvgIpc) is 2.16. The predicted octanol–water partition coefficient (Wildman–Crippen LogP) is 2.86. The van der Waals surface area contributed by atoms with E-state index in [1.165, 1.54) is 18.4 Å². The third kappa shape index (κ3) is 3.04. The van der Waals surface area contributed by atoms with Gasteiger partial charge in [-0.2, -0.15) is 0 Å². The van der Waals surface area contributed by atoms with Crippen molar-refractivity contribution in [2.75, 3.05) is 0 Å². The summed E-state index contributed by atoms with van der Waals surface area (Å²) in [6.07, 6.45) is 8.40. The van der Waals surface area contributed by atoms with Crippen molar-refractivity contribution in [2.45, 2.75) is 33.1 Å². The number of aryl methyl sites for hydroxylation is 1. The van der Waals surface area contributed by atoms with Gasteiger partial charge >= 0.3 is 0 Å². The highest BCUT2D eigenvalue weighted by Crippen LogP contribution is 2.10. The molecule has 0 amide bonds. The summed E-state index contributed by atoms with van der Waals surface area (Å²) in [6, 6.07) is 4.07. The van der Waals surface area contributed by atoms with Crippen molar-refractivity contribution in [1.29, 1.82) is 0 Å². The van der Waals surface area contributed by atoms with Crippen LogP contribution in [0.4, 0.5) is 0 Å². The minimum atomic E-state index is 0.818. The molecular formula is C11H16N. The molecule has 0 aliphatic rings. The summed E-state index contributed by atoms with van der Waals surface area (Å²) in [6.45, 7) is 4.52. The summed E-state index contributed by atoms with van der Waals surface area (Å²) >= 11 is 0. The molecule has 12 heavy (non-hydrogen) atoms. The summed E-state index contributed by atoms with van der Waals surface area (Å²) in [5.41, 5.74) is 1.23. The van der Waals surface area contributed by atoms with Crippen molar-refractivity contribution < 1.29 is 0 Å². The van der Waals surface area contributed by atoms with Crippen LogP contribution in [0.15, 0.2) is 18.3 Å². The molecule has 1 atom stereocenters. The van der Waals surface area contributed by atoms with E-state index in [1.807, 2.05) is 6.07 Å². The maximum atomic E-state index is 3.96. The van der Waals surface area contributed by atoms with Gasteiger partial charge in [-0.1, -0.05) is 26.3 Å². The number of rotatable bonds is 4. The van der Waals surface area contributed by atoms with E-state index in [-0.39, 0.29) is 0 Å². The molecule has 0 aliphatic heterocycles. The normalized spacial score (nSPS) is 12.8. The van der Waals surface area contributed by atoms with Crippen LogP contribution in [0.3, 0.4) is 0 Å². The number of hydrogen-bond donors (Lipinski definition) is 0. The average molecular weight is 162 g/mol. The lowest BCUT2D eigenvalue weighted by Crippen LogP contribution is -1.95. The van der Waals surface area contributed by atoms with Gasteiger partial charge in [0, 0.05) is 6.20 Å². The molecule has 1 aromatic heterocycles. The lowest BCUT2D eigenvalue weighted by atomic mass is 10.0. The van der Waals surface area contributed by atoms with Crippen LogP contribution in [0.1, 0.15) is 32.3 Å². The Hall–Kier alpha value is -0.850. The standard InChI is InChI=1S/C11H16N/c1-3-10(2)6-7-11-5-4-8-12-9-11/h4-5,8,10H,3,6-7H2,1-2H3. The summed E-state index contributed by atoms with van der Waals surface area (Å²) in [5.74, 6) is 0.818. The molecule has 0 spiro atoms. The molecule has 0 saturated carbocycles. The fourth-order valence-electron chi connectivity index (χ4n) is 1.10. The molecule has 1 radical (unpaired) electrons. The van der Waals surface area contributed by atoms with Crippen molar-refractivity contribution in [3.8, 4) is 0 Å². The van der Waals surface area contributed by atoms with Crippen LogP contribution in [-0.4, -0.2) is 4.98 Å². The Balaban J connectivity index is 2.33. The Morgan fingerprint density at radius 2 is 2.42 bits per heavy atom. The highest BCUT2D eigenvalue weighted by Gasteiger charge is 1.99. The fraction of sp³-hybridized carbons (Fsp3) is 0.545. The number of aromatic nitrogens is 1. The van der Waals surface area contributed by atoms with Crippen LogP contribution >= 0.6 is 0 Å². The highest BCUT2D eigenvalue weighted by molar-refractivity contribution is 5.06. The van der Waals surface area contributed by atoms with Gasteiger partial charge in [-0.15, -0.1) is 0 Å². The summed E-state index contributed by atoms with van der Waals surface area (Å²) in [4.78, 5) is 3.96. The van der Waals surface area contributed by atoms with Gasteiger partial charge < -0.3 is 0 Å². The van der Waals surface area contributed by atoms with Crippen LogP contribution in [-0.2, 0) is 6.42 Å². The first-order valence-corrected chi connectivity index (χ1v) is 4.64. The monoisotopic (exact) mass is 162 g/mol. The molecule has 0 fully saturated rings. The Labute approximate surface area is 74.8 Å². The Bertz CT molecular complexity index is 206. The summed E-state index contributed by atoms with van der Waals surface area (Å²) in [5, 5.41) is 0. The van der Waals surface area contributed by atoms with Gasteiger partial charge in [0.05, 0.1) is 6.20 Å². The Kier molecular flexibility index (Phi) is 3.78. The molecule has 0 aromatic carbocycles. The third-order valence-electron chi connectivity index (χ3n) is 2.27. The van der Waals surface area contributed by atoms with Gasteiger partial charge in [-0.05, 0) is 30.4 Å². The van der Waals surface area contributed by atoms with Crippen molar-refractivity contribution >= 4 is 0 Å². The SMILES string of the molecule is CCC(C)CCc1[c]nccc1. The van der Waals surface area contributed by atoms with Gasteiger partial charge in [0.2, 0.25) is 0 Å². The zero-order valence-corrected chi connectivity index (χ0v) is 7.88. The van der Waals surface area contributed by atoms with E-state index >= 15 is 0 Å². The van der Waals surface area contributed by atoms with Crippen molar-refractivity contribution in [3.05, 3.63) is 30.1 Å². The lowest BCUT2D eigenvalue weighted by Gasteiger charge is -2.06. The highest BCUT2D eigenvalue weighted by atomic mass is 14.6. The van der Waals surface area contributed by atoms with Crippen LogP contribution in [0.2, 0.25) is 0 Å². The minimum Gasteiger partial charge on any atom is -0.254 e. The van der Waals surface area contributed by atoms with E-state index in [9.17, 15) is 0 Å². The molecule has 1 aromatic rings. The molecule has 1 nitrogen and oxygen atoms in total. The second-order valence-electron chi connectivity index (χ2n) is 3.33. The molecule has 1 heteroatoms. The Morgan fingerprint density at radius 1 is 1.58 bits per heavy atom. The van der Waals surface area contributed by atoms with Gasteiger partial charge in [0.25, 0.3) is 0 Å². The molecule has 1 unspecified atom stereocenters. The van der Waals surface area contributed by atoms with Crippen LogP contribution in [0, 0.1) is 12.1 Å². The van der Waals surface area contributed by atoms with E-state index in [4.69, 9.17) is 0 Å². The predicted molar refractivity (Wildman–Crippen MR) is 50.8 cm³/mol. The van der Waals surface area contributed by atoms with Gasteiger partial charge in [-0.3, -0.25) is 4.98 Å². The fourth-order valence-corrected chi connectivity index (χ4v) is 1.10. The van der Waals surface area contributed by atoms with E-state index in [0.717, 1.165) is 12.3 Å². The number of hydrogen-bond acceptors (Lipinski definition) is 1. The molecule has 0 aliphatic carbocycles. The van der Waals surface area contributed by atoms with Crippen LogP contribution in [0.25, 0.3) is 0 Å². The second-order valence-corrected chi connectivity index (χ2v) is 3.33. The quantitative estimate of drug-likeness (QED) is 0.663. The first-order chi connectivity index (χ1) is 5.83. The number of nitrogens with zero attached hydrogens (tertiary/aromatic N) is 1. The zero-order valence-electron chi connectivity index (χ0n) is 7.88. The smallest absolute Gasteiger partial charge is 0.0920 e. The molecule has 1 heterocycles. The molecule has 0 bridgehead atoms. The largest absolute Gasteiger partial charge is 0.254 e. The minimum absolute atomic E-state index is 0.818. The van der Waals surface area contributed by atoms with E-state index < -0.39 is 0 Å². The second kappa shape index (κ2) is 4.91. The molecule has 1 rings (SSSR count). The number of pyridine rings is 1. The van der Waals surface area contributed by atoms with E-state index in [1.54, 1.807) is 6.20 Å². The summed E-state index contributed by atoms with van der Waals surface area (Å²) in [7, 11) is 0. The van der Waals surface area contributed by atoms with Crippen molar-refractivity contribution in [3.63, 3.8) is 0 Å². The first kappa shape index (κ1) is 9.24. The third-order valence-corrected chi connectivity index (χ3v) is 2.27. The maximum Gasteiger partial charge on any atom is 0.0920 e. The lowest BCUT2D eigenvalue weighted by molar-refractivity contribution is 0.516. The molecule has 0 N–H and O–H groups in total. The van der Waals surface area contributed by atoms with Gasteiger partial charge in [0.15, 0.2) is 0 Å². The van der Waals surface area contributed by atoms with Gasteiger partial charge in [-0.25, -0.2) is 0 Å². The maximum absolute atomic E-state index is 3.96. The van der Waals surface area contributed by atoms with Crippen LogP contribution in [0.5, 0.6) is 0 Å². The zero-order chi connectivity index (χ0) is 8.81. The van der Waals surface area contributed by atoms with Crippen molar-refractivity contribution in [1.82, 2.24) is 4.98 Å². The van der Waals surface area contributed by atoms with E-state index in [0.29, 0.717) is 0 Å². The topological polar surface area (TPSA) is 12.9 Å². The Morgan fingerprint density at radius 3 is 3.00 bits per heavy atom. The molecule has 0 saturated heterocycles. The van der Waals surface area contributed by atoms with Crippen molar-refractivity contribution in [2.24, 2.45) is 5.92 Å². The summed E-state index contributed by atoms with van der Waals surface area (Å²) < 4.78 is 0. The molecular weight excluding hydrogens is 146 g/mol. The van der Waals surface area contributed by atoms with E-state index in [2.05, 4.69) is 31.1 Å². The molecule has 65 valence electrons. The first-order valence-electron chi connectivity index (χ1n) is 4.64. The van der Waals surface area contributed by atoms with Crippen LogP contribution < -0.4 is 0 Å². The van der Waals surface area contributed by atoms with Gasteiger partial charge in [0.1, 0.15) is 0 Å².